The Labute approximate surface area is 151 Å². The molecule has 1 atom stereocenters. The van der Waals surface area contributed by atoms with Crippen LogP contribution in [0.5, 0.6) is 5.75 Å². The number of nitrogens with one attached hydrogen (secondary N) is 1. The van der Waals surface area contributed by atoms with Crippen molar-refractivity contribution in [1.82, 2.24) is 20.0 Å². The second-order valence-corrected chi connectivity index (χ2v) is 6.29. The Kier molecular flexibility index (Phi) is 4.35. The molecule has 1 amide bonds. The van der Waals surface area contributed by atoms with E-state index in [1.807, 2.05) is 43.3 Å². The molecule has 1 N–H and O–H groups in total. The topological polar surface area (TPSA) is 81.9 Å². The molecule has 3 aromatic rings. The van der Waals surface area contributed by atoms with Crippen LogP contribution in [-0.4, -0.2) is 32.5 Å². The number of carbonyl (C=O) groups is 1. The zero-order chi connectivity index (χ0) is 17.9. The Morgan fingerprint density at radius 3 is 2.96 bits per heavy atom. The highest BCUT2D eigenvalue weighted by Crippen LogP contribution is 2.35. The minimum atomic E-state index is -0.0616. The molecule has 1 aliphatic rings. The van der Waals surface area contributed by atoms with Gasteiger partial charge in [0.15, 0.2) is 5.82 Å². The van der Waals surface area contributed by atoms with Crippen LogP contribution in [0.25, 0.3) is 5.82 Å². The summed E-state index contributed by atoms with van der Waals surface area (Å²) in [7, 11) is 0. The summed E-state index contributed by atoms with van der Waals surface area (Å²) in [4.78, 5) is 12.6. The van der Waals surface area contributed by atoms with E-state index in [-0.39, 0.29) is 11.8 Å². The van der Waals surface area contributed by atoms with Crippen molar-refractivity contribution in [2.45, 2.75) is 25.7 Å². The SMILES string of the molecule is Cc1ccc(-n2nccc2NC(=O)C[C@@H]2CCOc3ccccc32)nn1. The van der Waals surface area contributed by atoms with Gasteiger partial charge < -0.3 is 10.1 Å². The molecule has 1 aliphatic heterocycles. The lowest BCUT2D eigenvalue weighted by Gasteiger charge is -2.25. The van der Waals surface area contributed by atoms with E-state index in [0.29, 0.717) is 24.7 Å². The van der Waals surface area contributed by atoms with Crippen LogP contribution in [0.15, 0.2) is 48.7 Å². The second kappa shape index (κ2) is 6.95. The van der Waals surface area contributed by atoms with Crippen LogP contribution in [0.1, 0.15) is 30.0 Å². The fourth-order valence-electron chi connectivity index (χ4n) is 3.13. The van der Waals surface area contributed by atoms with Crippen LogP contribution in [0, 0.1) is 6.92 Å². The maximum absolute atomic E-state index is 12.6. The molecule has 7 nitrogen and oxygen atoms in total. The van der Waals surface area contributed by atoms with Crippen molar-refractivity contribution in [3.63, 3.8) is 0 Å². The Morgan fingerprint density at radius 1 is 1.23 bits per heavy atom. The van der Waals surface area contributed by atoms with Gasteiger partial charge in [0.2, 0.25) is 5.91 Å². The summed E-state index contributed by atoms with van der Waals surface area (Å²) in [6, 6.07) is 13.3. The summed E-state index contributed by atoms with van der Waals surface area (Å²) >= 11 is 0. The van der Waals surface area contributed by atoms with Crippen molar-refractivity contribution < 1.29 is 9.53 Å². The first-order chi connectivity index (χ1) is 12.7. The van der Waals surface area contributed by atoms with Gasteiger partial charge in [-0.05, 0) is 43.0 Å². The van der Waals surface area contributed by atoms with Crippen molar-refractivity contribution >= 4 is 11.7 Å². The fraction of sp³-hybridized carbons (Fsp3) is 0.263. The summed E-state index contributed by atoms with van der Waals surface area (Å²) in [5.74, 6) is 2.10. The van der Waals surface area contributed by atoms with Crippen LogP contribution in [0.2, 0.25) is 0 Å². The first-order valence-electron chi connectivity index (χ1n) is 8.57. The van der Waals surface area contributed by atoms with E-state index in [2.05, 4.69) is 20.6 Å². The summed E-state index contributed by atoms with van der Waals surface area (Å²) in [6.45, 7) is 2.50. The number of aromatic nitrogens is 4. The summed E-state index contributed by atoms with van der Waals surface area (Å²) in [5.41, 5.74) is 1.91. The number of rotatable bonds is 4. The number of ether oxygens (including phenoxy) is 1. The number of aryl methyl sites for hydroxylation is 1. The molecule has 3 heterocycles. The Balaban J connectivity index is 1.49. The van der Waals surface area contributed by atoms with E-state index in [9.17, 15) is 4.79 Å². The average molecular weight is 349 g/mol. The monoisotopic (exact) mass is 349 g/mol. The normalized spacial score (nSPS) is 15.8. The zero-order valence-corrected chi connectivity index (χ0v) is 14.4. The molecule has 0 fully saturated rings. The average Bonchev–Trinajstić information content (AvgIpc) is 3.10. The van der Waals surface area contributed by atoms with Gasteiger partial charge in [-0.25, -0.2) is 0 Å². The highest BCUT2D eigenvalue weighted by molar-refractivity contribution is 5.90. The number of carbonyl (C=O) groups excluding carboxylic acids is 1. The van der Waals surface area contributed by atoms with E-state index in [0.717, 1.165) is 23.4 Å². The van der Waals surface area contributed by atoms with E-state index in [4.69, 9.17) is 4.74 Å². The van der Waals surface area contributed by atoms with Crippen molar-refractivity contribution in [3.8, 4) is 11.6 Å². The van der Waals surface area contributed by atoms with Crippen LogP contribution < -0.4 is 10.1 Å². The third kappa shape index (κ3) is 3.28. The van der Waals surface area contributed by atoms with Gasteiger partial charge in [0, 0.05) is 12.5 Å². The number of anilines is 1. The lowest BCUT2D eigenvalue weighted by atomic mass is 9.90. The lowest BCUT2D eigenvalue weighted by molar-refractivity contribution is -0.116. The number of fused-ring (bicyclic) bond motifs is 1. The van der Waals surface area contributed by atoms with E-state index in [1.54, 1.807) is 16.9 Å². The molecule has 0 spiro atoms. The van der Waals surface area contributed by atoms with E-state index < -0.39 is 0 Å². The highest BCUT2D eigenvalue weighted by Gasteiger charge is 2.24. The molecule has 2 aromatic heterocycles. The molecule has 0 saturated heterocycles. The van der Waals surface area contributed by atoms with E-state index >= 15 is 0 Å². The largest absolute Gasteiger partial charge is 0.493 e. The number of hydrogen-bond donors (Lipinski definition) is 1. The Bertz CT molecular complexity index is 920. The Hall–Kier alpha value is -3.22. The van der Waals surface area contributed by atoms with E-state index in [1.165, 1.54) is 0 Å². The molecule has 1 aromatic carbocycles. The third-order valence-corrected chi connectivity index (χ3v) is 4.43. The molecule has 0 aliphatic carbocycles. The lowest BCUT2D eigenvalue weighted by Crippen LogP contribution is -2.21. The van der Waals surface area contributed by atoms with Gasteiger partial charge in [0.05, 0.1) is 18.5 Å². The molecule has 7 heteroatoms. The quantitative estimate of drug-likeness (QED) is 0.783. The maximum atomic E-state index is 12.6. The Morgan fingerprint density at radius 2 is 2.12 bits per heavy atom. The standard InChI is InChI=1S/C19H19N5O2/c1-13-6-7-18(23-22-13)24-17(8-10-20-24)21-19(25)12-14-9-11-26-16-5-3-2-4-15(14)16/h2-8,10,14H,9,11-12H2,1H3,(H,21,25)/t14-/m0/s1. The maximum Gasteiger partial charge on any atom is 0.226 e. The van der Waals surface area contributed by atoms with Crippen LogP contribution in [0.4, 0.5) is 5.82 Å². The third-order valence-electron chi connectivity index (χ3n) is 4.43. The first kappa shape index (κ1) is 16.3. The molecule has 0 radical (unpaired) electrons. The first-order valence-corrected chi connectivity index (χ1v) is 8.57. The number of benzene rings is 1. The smallest absolute Gasteiger partial charge is 0.226 e. The summed E-state index contributed by atoms with van der Waals surface area (Å²) < 4.78 is 7.24. The van der Waals surface area contributed by atoms with Crippen molar-refractivity contribution in [3.05, 3.63) is 59.9 Å². The fourth-order valence-corrected chi connectivity index (χ4v) is 3.13. The van der Waals surface area contributed by atoms with Crippen molar-refractivity contribution in [2.75, 3.05) is 11.9 Å². The van der Waals surface area contributed by atoms with Crippen LogP contribution in [-0.2, 0) is 4.79 Å². The van der Waals surface area contributed by atoms with Gasteiger partial charge in [0.25, 0.3) is 0 Å². The van der Waals surface area contributed by atoms with Crippen molar-refractivity contribution in [2.24, 2.45) is 0 Å². The summed E-state index contributed by atoms with van der Waals surface area (Å²) in [5, 5.41) is 15.3. The van der Waals surface area contributed by atoms with Gasteiger partial charge >= 0.3 is 0 Å². The molecule has 0 saturated carbocycles. The van der Waals surface area contributed by atoms with Gasteiger partial charge in [-0.15, -0.1) is 5.10 Å². The minimum Gasteiger partial charge on any atom is -0.493 e. The van der Waals surface area contributed by atoms with Gasteiger partial charge in [-0.2, -0.15) is 14.9 Å². The van der Waals surface area contributed by atoms with Gasteiger partial charge in [-0.1, -0.05) is 18.2 Å². The number of nitrogens with zero attached hydrogens (tertiary/aromatic N) is 4. The molecule has 26 heavy (non-hydrogen) atoms. The molecule has 0 unspecified atom stereocenters. The predicted octanol–water partition coefficient (Wildman–Crippen LogP) is 2.87. The second-order valence-electron chi connectivity index (χ2n) is 6.29. The minimum absolute atomic E-state index is 0.0616. The predicted molar refractivity (Wildman–Crippen MR) is 96.4 cm³/mol. The van der Waals surface area contributed by atoms with Crippen LogP contribution >= 0.6 is 0 Å². The van der Waals surface area contributed by atoms with Crippen LogP contribution in [0.3, 0.4) is 0 Å². The highest BCUT2D eigenvalue weighted by atomic mass is 16.5. The summed E-state index contributed by atoms with van der Waals surface area (Å²) in [6.07, 6.45) is 2.85. The van der Waals surface area contributed by atoms with Gasteiger partial charge in [0.1, 0.15) is 11.6 Å². The van der Waals surface area contributed by atoms with Crippen molar-refractivity contribution in [1.29, 1.82) is 0 Å². The molecule has 0 bridgehead atoms. The van der Waals surface area contributed by atoms with Gasteiger partial charge in [-0.3, -0.25) is 4.79 Å². The number of para-hydroxylation sites is 1. The number of amides is 1. The number of hydrogen-bond acceptors (Lipinski definition) is 5. The molecular weight excluding hydrogens is 330 g/mol. The molecular formula is C19H19N5O2. The zero-order valence-electron chi connectivity index (χ0n) is 14.4. The molecule has 4 rings (SSSR count). The molecule has 132 valence electrons.